The van der Waals surface area contributed by atoms with Crippen molar-refractivity contribution in [2.75, 3.05) is 26.8 Å². The van der Waals surface area contributed by atoms with Gasteiger partial charge in [-0.1, -0.05) is 18.2 Å². The number of fused-ring (bicyclic) bond motifs is 1. The average molecular weight is 324 g/mol. The smallest absolute Gasteiger partial charge is 0.161 e. The molecule has 0 fully saturated rings. The van der Waals surface area contributed by atoms with E-state index in [2.05, 4.69) is 6.07 Å². The molecule has 1 aliphatic rings. The molecule has 1 N–H and O–H groups in total. The van der Waals surface area contributed by atoms with Crippen molar-refractivity contribution in [2.24, 2.45) is 0 Å². The average Bonchev–Trinajstić information content (AvgIpc) is 2.61. The summed E-state index contributed by atoms with van der Waals surface area (Å²) in [5.41, 5.74) is 2.51. The number of aliphatic hydroxyl groups excluding tert-OH is 1. The Bertz CT molecular complexity index is 737. The molecule has 24 heavy (non-hydrogen) atoms. The van der Waals surface area contributed by atoms with E-state index >= 15 is 0 Å². The fraction of sp³-hybridized carbons (Fsp3) is 0.316. The predicted octanol–water partition coefficient (Wildman–Crippen LogP) is 2.49. The van der Waals surface area contributed by atoms with Gasteiger partial charge in [0.2, 0.25) is 0 Å². The van der Waals surface area contributed by atoms with Crippen molar-refractivity contribution >= 4 is 0 Å². The summed E-state index contributed by atoms with van der Waals surface area (Å²) in [5, 5.41) is 19.2. The number of nitrogens with zero attached hydrogens (tertiary/aromatic N) is 2. The quantitative estimate of drug-likeness (QED) is 0.915. The lowest BCUT2D eigenvalue weighted by molar-refractivity contribution is 0.123. The Balaban J connectivity index is 1.60. The van der Waals surface area contributed by atoms with Crippen molar-refractivity contribution < 1.29 is 14.6 Å². The molecule has 2 aromatic rings. The molecule has 1 heterocycles. The van der Waals surface area contributed by atoms with E-state index in [1.807, 2.05) is 30.1 Å². The molecule has 0 aromatic heterocycles. The van der Waals surface area contributed by atoms with Crippen LogP contribution in [0.3, 0.4) is 0 Å². The Morgan fingerprint density at radius 3 is 2.54 bits per heavy atom. The lowest BCUT2D eigenvalue weighted by Gasteiger charge is -2.23. The summed E-state index contributed by atoms with van der Waals surface area (Å²) >= 11 is 0. The monoisotopic (exact) mass is 324 g/mol. The van der Waals surface area contributed by atoms with Gasteiger partial charge in [0, 0.05) is 13.1 Å². The highest BCUT2D eigenvalue weighted by molar-refractivity contribution is 5.43. The molecule has 1 aliphatic heterocycles. The Morgan fingerprint density at radius 2 is 1.83 bits per heavy atom. The van der Waals surface area contributed by atoms with Gasteiger partial charge < -0.3 is 14.6 Å². The molecule has 0 bridgehead atoms. The van der Waals surface area contributed by atoms with Crippen molar-refractivity contribution in [1.29, 1.82) is 5.26 Å². The number of hydrogen-bond donors (Lipinski definition) is 1. The van der Waals surface area contributed by atoms with Crippen LogP contribution in [-0.4, -0.2) is 36.8 Å². The molecule has 1 unspecified atom stereocenters. The molecule has 0 amide bonds. The number of aliphatic hydroxyl groups is 1. The van der Waals surface area contributed by atoms with E-state index in [4.69, 9.17) is 14.7 Å². The van der Waals surface area contributed by atoms with Crippen molar-refractivity contribution in [3.63, 3.8) is 0 Å². The Labute approximate surface area is 141 Å². The first-order valence-corrected chi connectivity index (χ1v) is 7.91. The van der Waals surface area contributed by atoms with Gasteiger partial charge in [-0.2, -0.15) is 5.26 Å². The van der Waals surface area contributed by atoms with Crippen LogP contribution in [-0.2, 0) is 6.54 Å². The van der Waals surface area contributed by atoms with Crippen molar-refractivity contribution in [1.82, 2.24) is 4.90 Å². The minimum Gasteiger partial charge on any atom is -0.486 e. The topological polar surface area (TPSA) is 65.7 Å². The highest BCUT2D eigenvalue weighted by Crippen LogP contribution is 2.31. The summed E-state index contributed by atoms with van der Waals surface area (Å²) in [6.45, 7) is 2.36. The van der Waals surface area contributed by atoms with E-state index in [-0.39, 0.29) is 0 Å². The van der Waals surface area contributed by atoms with Crippen LogP contribution in [0.1, 0.15) is 22.8 Å². The predicted molar refractivity (Wildman–Crippen MR) is 89.9 cm³/mol. The summed E-state index contributed by atoms with van der Waals surface area (Å²) < 4.78 is 11.1. The van der Waals surface area contributed by atoms with E-state index < -0.39 is 6.10 Å². The molecule has 0 aliphatic carbocycles. The summed E-state index contributed by atoms with van der Waals surface area (Å²) in [5.74, 6) is 1.56. The van der Waals surface area contributed by atoms with Crippen LogP contribution < -0.4 is 9.47 Å². The van der Waals surface area contributed by atoms with Crippen LogP contribution in [0.5, 0.6) is 11.5 Å². The molecule has 0 radical (unpaired) electrons. The van der Waals surface area contributed by atoms with E-state index in [0.29, 0.717) is 31.9 Å². The lowest BCUT2D eigenvalue weighted by atomic mass is 10.1. The zero-order valence-corrected chi connectivity index (χ0v) is 13.6. The molecule has 2 aromatic carbocycles. The molecule has 1 atom stereocenters. The van der Waals surface area contributed by atoms with E-state index in [0.717, 1.165) is 22.6 Å². The van der Waals surface area contributed by atoms with Gasteiger partial charge in [-0.15, -0.1) is 0 Å². The van der Waals surface area contributed by atoms with E-state index in [9.17, 15) is 5.11 Å². The summed E-state index contributed by atoms with van der Waals surface area (Å²) in [4.78, 5) is 2.05. The highest BCUT2D eigenvalue weighted by atomic mass is 16.6. The van der Waals surface area contributed by atoms with Gasteiger partial charge in [0.15, 0.2) is 11.5 Å². The van der Waals surface area contributed by atoms with Gasteiger partial charge in [-0.05, 0) is 42.4 Å². The molecule has 5 heteroatoms. The number of likely N-dealkylation sites (N-methyl/N-ethyl adjacent to an activating group) is 1. The maximum absolute atomic E-state index is 10.4. The number of nitriles is 1. The first kappa shape index (κ1) is 16.3. The summed E-state index contributed by atoms with van der Waals surface area (Å²) in [7, 11) is 1.96. The number of ether oxygens (including phenoxy) is 2. The lowest BCUT2D eigenvalue weighted by Crippen LogP contribution is -2.24. The van der Waals surface area contributed by atoms with Gasteiger partial charge in [0.1, 0.15) is 13.2 Å². The first-order valence-electron chi connectivity index (χ1n) is 7.91. The van der Waals surface area contributed by atoms with Gasteiger partial charge >= 0.3 is 0 Å². The van der Waals surface area contributed by atoms with Crippen LogP contribution >= 0.6 is 0 Å². The molecule has 124 valence electrons. The second-order valence-corrected chi connectivity index (χ2v) is 5.92. The van der Waals surface area contributed by atoms with Crippen LogP contribution in [0.25, 0.3) is 0 Å². The van der Waals surface area contributed by atoms with Crippen molar-refractivity contribution in [3.05, 3.63) is 59.2 Å². The Hall–Kier alpha value is -2.55. The zero-order chi connectivity index (χ0) is 16.9. The highest BCUT2D eigenvalue weighted by Gasteiger charge is 2.14. The molecule has 0 saturated heterocycles. The first-order chi connectivity index (χ1) is 11.7. The standard InChI is InChI=1S/C19H20N2O3/c1-21(13-17(22)16-5-2-14(11-20)3-6-16)12-15-4-7-18-19(10-15)24-9-8-23-18/h2-7,10,17,22H,8-9,12-13H2,1H3. The third-order valence-corrected chi connectivity index (χ3v) is 3.97. The van der Waals surface area contributed by atoms with Crippen LogP contribution in [0.2, 0.25) is 0 Å². The fourth-order valence-electron chi connectivity index (χ4n) is 2.74. The maximum atomic E-state index is 10.4. The summed E-state index contributed by atoms with van der Waals surface area (Å²) in [6, 6.07) is 15.0. The Kier molecular flexibility index (Phi) is 4.99. The van der Waals surface area contributed by atoms with Crippen molar-refractivity contribution in [2.45, 2.75) is 12.6 Å². The van der Waals surface area contributed by atoms with Crippen LogP contribution in [0.15, 0.2) is 42.5 Å². The maximum Gasteiger partial charge on any atom is 0.161 e. The molecular formula is C19H20N2O3. The molecule has 0 spiro atoms. The second kappa shape index (κ2) is 7.35. The van der Waals surface area contributed by atoms with Gasteiger partial charge in [-0.3, -0.25) is 4.90 Å². The largest absolute Gasteiger partial charge is 0.486 e. The van der Waals surface area contributed by atoms with Gasteiger partial charge in [0.25, 0.3) is 0 Å². The molecule has 0 saturated carbocycles. The van der Waals surface area contributed by atoms with Crippen LogP contribution in [0, 0.1) is 11.3 Å². The molecule has 5 nitrogen and oxygen atoms in total. The Morgan fingerprint density at radius 1 is 1.12 bits per heavy atom. The number of hydrogen-bond acceptors (Lipinski definition) is 5. The third kappa shape index (κ3) is 3.85. The minimum absolute atomic E-state index is 0.500. The normalized spacial score (nSPS) is 14.2. The van der Waals surface area contributed by atoms with Gasteiger partial charge in [-0.25, -0.2) is 0 Å². The fourth-order valence-corrected chi connectivity index (χ4v) is 2.74. The van der Waals surface area contributed by atoms with E-state index in [1.165, 1.54) is 0 Å². The summed E-state index contributed by atoms with van der Waals surface area (Å²) in [6.07, 6.45) is -0.597. The van der Waals surface area contributed by atoms with E-state index in [1.54, 1.807) is 24.3 Å². The third-order valence-electron chi connectivity index (χ3n) is 3.97. The zero-order valence-electron chi connectivity index (χ0n) is 13.6. The molecule has 3 rings (SSSR count). The SMILES string of the molecule is CN(Cc1ccc2c(c1)OCCO2)CC(O)c1ccc(C#N)cc1. The van der Waals surface area contributed by atoms with Gasteiger partial charge in [0.05, 0.1) is 17.7 Å². The number of rotatable bonds is 5. The minimum atomic E-state index is -0.597. The number of benzene rings is 2. The molecular weight excluding hydrogens is 304 g/mol. The van der Waals surface area contributed by atoms with Crippen molar-refractivity contribution in [3.8, 4) is 17.6 Å². The second-order valence-electron chi connectivity index (χ2n) is 5.92. The van der Waals surface area contributed by atoms with Crippen LogP contribution in [0.4, 0.5) is 0 Å².